The number of methoxy groups -OCH3 is 2. The summed E-state index contributed by atoms with van der Waals surface area (Å²) in [4.78, 5) is 24.7. The molecule has 0 saturated heterocycles. The van der Waals surface area contributed by atoms with Gasteiger partial charge in [0.2, 0.25) is 0 Å². The second kappa shape index (κ2) is 10.1. The Hall–Kier alpha value is -3.80. The fraction of sp³-hybridized carbons (Fsp3) is 0.167. The molecule has 0 unspecified atom stereocenters. The number of rotatable bonds is 8. The van der Waals surface area contributed by atoms with E-state index < -0.39 is 11.9 Å². The molecule has 3 aromatic carbocycles. The molecule has 6 heteroatoms. The van der Waals surface area contributed by atoms with Crippen LogP contribution in [-0.4, -0.2) is 26.2 Å². The first kappa shape index (κ1) is 20.9. The Labute approximate surface area is 175 Å². The van der Waals surface area contributed by atoms with Crippen LogP contribution in [0, 0.1) is 0 Å². The molecule has 0 saturated carbocycles. The lowest BCUT2D eigenvalue weighted by molar-refractivity contribution is 0.0577. The second-order valence-corrected chi connectivity index (χ2v) is 6.38. The van der Waals surface area contributed by atoms with Crippen molar-refractivity contribution < 1.29 is 28.5 Å². The van der Waals surface area contributed by atoms with Crippen LogP contribution in [0.2, 0.25) is 0 Å². The third-order valence-electron chi connectivity index (χ3n) is 4.37. The quantitative estimate of drug-likeness (QED) is 0.516. The van der Waals surface area contributed by atoms with Gasteiger partial charge in [0.1, 0.15) is 35.8 Å². The predicted molar refractivity (Wildman–Crippen MR) is 111 cm³/mol. The number of ether oxygens (including phenoxy) is 4. The van der Waals surface area contributed by atoms with E-state index in [1.807, 2.05) is 60.7 Å². The van der Waals surface area contributed by atoms with Crippen LogP contribution in [0.3, 0.4) is 0 Å². The van der Waals surface area contributed by atoms with Crippen molar-refractivity contribution in [3.05, 3.63) is 95.1 Å². The highest BCUT2D eigenvalue weighted by atomic mass is 16.5. The van der Waals surface area contributed by atoms with Crippen molar-refractivity contribution in [2.24, 2.45) is 0 Å². The maximum atomic E-state index is 12.3. The molecule has 0 amide bonds. The van der Waals surface area contributed by atoms with Crippen LogP contribution in [0.1, 0.15) is 31.8 Å². The van der Waals surface area contributed by atoms with E-state index in [2.05, 4.69) is 0 Å². The summed E-state index contributed by atoms with van der Waals surface area (Å²) in [5, 5.41) is 0. The van der Waals surface area contributed by atoms with Gasteiger partial charge in [-0.1, -0.05) is 60.7 Å². The highest BCUT2D eigenvalue weighted by molar-refractivity contribution is 5.98. The van der Waals surface area contributed by atoms with Crippen LogP contribution in [-0.2, 0) is 22.7 Å². The number of hydrogen-bond acceptors (Lipinski definition) is 6. The zero-order valence-corrected chi connectivity index (χ0v) is 16.8. The topological polar surface area (TPSA) is 71.1 Å². The van der Waals surface area contributed by atoms with Crippen LogP contribution in [0.5, 0.6) is 11.5 Å². The van der Waals surface area contributed by atoms with Crippen LogP contribution < -0.4 is 9.47 Å². The SMILES string of the molecule is COC(=O)c1cc(OCc2ccccc2)c(C(=O)OC)cc1OCc1ccccc1. The molecule has 0 heterocycles. The minimum atomic E-state index is -0.598. The monoisotopic (exact) mass is 406 g/mol. The van der Waals surface area contributed by atoms with Gasteiger partial charge in [-0.2, -0.15) is 0 Å². The molecule has 0 atom stereocenters. The van der Waals surface area contributed by atoms with Gasteiger partial charge in [-0.15, -0.1) is 0 Å². The van der Waals surface area contributed by atoms with Crippen LogP contribution in [0.15, 0.2) is 72.8 Å². The summed E-state index contributed by atoms with van der Waals surface area (Å²) in [7, 11) is 2.56. The van der Waals surface area contributed by atoms with Crippen molar-refractivity contribution in [3.63, 3.8) is 0 Å². The van der Waals surface area contributed by atoms with Crippen LogP contribution >= 0.6 is 0 Å². The normalized spacial score (nSPS) is 10.2. The summed E-state index contributed by atoms with van der Waals surface area (Å²) >= 11 is 0. The highest BCUT2D eigenvalue weighted by Crippen LogP contribution is 2.31. The summed E-state index contributed by atoms with van der Waals surface area (Å²) < 4.78 is 21.4. The lowest BCUT2D eigenvalue weighted by atomic mass is 10.1. The summed E-state index contributed by atoms with van der Waals surface area (Å²) in [6.45, 7) is 0.436. The Morgan fingerprint density at radius 1 is 0.633 bits per heavy atom. The zero-order chi connectivity index (χ0) is 21.3. The maximum Gasteiger partial charge on any atom is 0.341 e. The molecule has 30 heavy (non-hydrogen) atoms. The first-order valence-electron chi connectivity index (χ1n) is 9.30. The number of carbonyl (C=O) groups excluding carboxylic acids is 2. The lowest BCUT2D eigenvalue weighted by Gasteiger charge is -2.16. The molecule has 0 fully saturated rings. The standard InChI is InChI=1S/C24H22O6/c1-27-23(25)19-13-22(30-16-18-11-7-4-8-12-18)20(24(26)28-2)14-21(19)29-15-17-9-5-3-6-10-17/h3-14H,15-16H2,1-2H3. The van der Waals surface area contributed by atoms with Gasteiger partial charge in [0.25, 0.3) is 0 Å². The first-order chi connectivity index (χ1) is 14.6. The van der Waals surface area contributed by atoms with Gasteiger partial charge in [0, 0.05) is 0 Å². The van der Waals surface area contributed by atoms with Crippen LogP contribution in [0.4, 0.5) is 0 Å². The summed E-state index contributed by atoms with van der Waals surface area (Å²) in [6, 6.07) is 21.8. The van der Waals surface area contributed by atoms with E-state index in [1.54, 1.807) is 0 Å². The molecular weight excluding hydrogens is 384 g/mol. The highest BCUT2D eigenvalue weighted by Gasteiger charge is 2.22. The molecule has 0 aromatic heterocycles. The first-order valence-corrected chi connectivity index (χ1v) is 9.30. The molecule has 0 aliphatic rings. The molecular formula is C24H22O6. The van der Waals surface area contributed by atoms with Gasteiger partial charge in [-0.25, -0.2) is 9.59 Å². The van der Waals surface area contributed by atoms with Gasteiger partial charge in [-0.3, -0.25) is 0 Å². The van der Waals surface area contributed by atoms with Crippen molar-refractivity contribution in [2.45, 2.75) is 13.2 Å². The van der Waals surface area contributed by atoms with Crippen molar-refractivity contribution in [3.8, 4) is 11.5 Å². The van der Waals surface area contributed by atoms with E-state index in [4.69, 9.17) is 18.9 Å². The Morgan fingerprint density at radius 3 is 1.33 bits per heavy atom. The average molecular weight is 406 g/mol. The van der Waals surface area contributed by atoms with E-state index in [0.29, 0.717) is 0 Å². The van der Waals surface area contributed by atoms with Gasteiger partial charge in [0.05, 0.1) is 14.2 Å². The molecule has 154 valence electrons. The average Bonchev–Trinajstić information content (AvgIpc) is 2.81. The third kappa shape index (κ3) is 5.17. The Bertz CT molecular complexity index is 916. The largest absolute Gasteiger partial charge is 0.488 e. The minimum absolute atomic E-state index is 0.157. The van der Waals surface area contributed by atoms with Gasteiger partial charge in [0.15, 0.2) is 0 Å². The van der Waals surface area contributed by atoms with E-state index in [1.165, 1.54) is 26.4 Å². The Morgan fingerprint density at radius 2 is 1.00 bits per heavy atom. The fourth-order valence-corrected chi connectivity index (χ4v) is 2.81. The molecule has 0 spiro atoms. The fourth-order valence-electron chi connectivity index (χ4n) is 2.81. The van der Waals surface area contributed by atoms with Gasteiger partial charge < -0.3 is 18.9 Å². The Kier molecular flexibility index (Phi) is 7.05. The zero-order valence-electron chi connectivity index (χ0n) is 16.8. The molecule has 3 aromatic rings. The van der Waals surface area contributed by atoms with Gasteiger partial charge >= 0.3 is 11.9 Å². The summed E-state index contributed by atoms with van der Waals surface area (Å²) in [6.07, 6.45) is 0. The predicted octanol–water partition coefficient (Wildman–Crippen LogP) is 4.42. The van der Waals surface area contributed by atoms with Crippen molar-refractivity contribution >= 4 is 11.9 Å². The summed E-state index contributed by atoms with van der Waals surface area (Å²) in [5.74, 6) is -0.783. The minimum Gasteiger partial charge on any atom is -0.488 e. The molecule has 3 rings (SSSR count). The summed E-state index contributed by atoms with van der Waals surface area (Å²) in [5.41, 5.74) is 2.14. The van der Waals surface area contributed by atoms with E-state index >= 15 is 0 Å². The van der Waals surface area contributed by atoms with Crippen molar-refractivity contribution in [1.82, 2.24) is 0 Å². The molecule has 0 bridgehead atoms. The molecule has 6 nitrogen and oxygen atoms in total. The number of esters is 2. The van der Waals surface area contributed by atoms with E-state index in [-0.39, 0.29) is 35.8 Å². The third-order valence-corrected chi connectivity index (χ3v) is 4.37. The number of benzene rings is 3. The van der Waals surface area contributed by atoms with E-state index in [9.17, 15) is 9.59 Å². The smallest absolute Gasteiger partial charge is 0.341 e. The van der Waals surface area contributed by atoms with Gasteiger partial charge in [-0.05, 0) is 23.3 Å². The number of hydrogen-bond donors (Lipinski definition) is 0. The molecule has 0 aliphatic heterocycles. The molecule has 0 radical (unpaired) electrons. The number of carbonyl (C=O) groups is 2. The maximum absolute atomic E-state index is 12.3. The second-order valence-electron chi connectivity index (χ2n) is 6.38. The lowest BCUT2D eigenvalue weighted by Crippen LogP contribution is -2.11. The van der Waals surface area contributed by atoms with E-state index in [0.717, 1.165) is 11.1 Å². The van der Waals surface area contributed by atoms with Crippen molar-refractivity contribution in [2.75, 3.05) is 14.2 Å². The molecule has 0 aliphatic carbocycles. The van der Waals surface area contributed by atoms with Crippen LogP contribution in [0.25, 0.3) is 0 Å². The molecule has 0 N–H and O–H groups in total. The Balaban J connectivity index is 1.94. The van der Waals surface area contributed by atoms with Crippen molar-refractivity contribution in [1.29, 1.82) is 0 Å².